The number of nitrogens with zero attached hydrogens (tertiary/aromatic N) is 1. The van der Waals surface area contributed by atoms with Gasteiger partial charge in [0, 0.05) is 25.7 Å². The smallest absolute Gasteiger partial charge is 0.377 e. The number of ether oxygens (including phenoxy) is 1. The Balaban J connectivity index is 2.17. The van der Waals surface area contributed by atoms with Crippen molar-refractivity contribution >= 4 is 0 Å². The van der Waals surface area contributed by atoms with Gasteiger partial charge in [-0.2, -0.15) is 13.2 Å². The summed E-state index contributed by atoms with van der Waals surface area (Å²) < 4.78 is 44.9. The molecule has 1 saturated heterocycles. The summed E-state index contributed by atoms with van der Waals surface area (Å²) in [6.45, 7) is 3.82. The number of piperidine rings is 1. The Kier molecular flexibility index (Phi) is 4.90. The van der Waals surface area contributed by atoms with Crippen LogP contribution in [0.15, 0.2) is 0 Å². The molecule has 6 heteroatoms. The van der Waals surface area contributed by atoms with E-state index in [0.29, 0.717) is 19.5 Å². The Morgan fingerprint density at radius 1 is 1.29 bits per heavy atom. The summed E-state index contributed by atoms with van der Waals surface area (Å²) in [6.07, 6.45) is -0.488. The zero-order valence-corrected chi connectivity index (χ0v) is 13.0. The van der Waals surface area contributed by atoms with Gasteiger partial charge in [0.2, 0.25) is 0 Å². The predicted octanol–water partition coefficient (Wildman–Crippen LogP) is 2.94. The fraction of sp³-hybridized carbons (Fsp3) is 1.00. The minimum atomic E-state index is -4.11. The first-order chi connectivity index (χ1) is 9.75. The number of methoxy groups -OCH3 is 1. The highest BCUT2D eigenvalue weighted by Crippen LogP contribution is 2.45. The van der Waals surface area contributed by atoms with Crippen molar-refractivity contribution in [3.05, 3.63) is 0 Å². The lowest BCUT2D eigenvalue weighted by Gasteiger charge is -2.53. The Bertz CT molecular complexity index is 363. The molecule has 0 bridgehead atoms. The third kappa shape index (κ3) is 3.54. The van der Waals surface area contributed by atoms with E-state index < -0.39 is 17.6 Å². The Morgan fingerprint density at radius 2 is 2.00 bits per heavy atom. The molecule has 1 saturated carbocycles. The minimum Gasteiger partial charge on any atom is -0.377 e. The second-order valence-electron chi connectivity index (χ2n) is 6.94. The molecule has 1 aliphatic carbocycles. The molecule has 2 aliphatic rings. The second kappa shape index (κ2) is 6.05. The van der Waals surface area contributed by atoms with Crippen LogP contribution in [0, 0.1) is 5.92 Å². The molecule has 0 radical (unpaired) electrons. The third-order valence-corrected chi connectivity index (χ3v) is 5.49. The Labute approximate surface area is 125 Å². The minimum absolute atomic E-state index is 0.132. The predicted molar refractivity (Wildman–Crippen MR) is 76.0 cm³/mol. The maximum absolute atomic E-state index is 13.1. The first kappa shape index (κ1) is 17.0. The first-order valence-corrected chi connectivity index (χ1v) is 7.82. The third-order valence-electron chi connectivity index (χ3n) is 5.49. The topological polar surface area (TPSA) is 38.5 Å². The van der Waals surface area contributed by atoms with Crippen molar-refractivity contribution < 1.29 is 17.9 Å². The van der Waals surface area contributed by atoms with Gasteiger partial charge in [-0.15, -0.1) is 0 Å². The van der Waals surface area contributed by atoms with E-state index in [0.717, 1.165) is 25.8 Å². The quantitative estimate of drug-likeness (QED) is 0.871. The molecule has 2 rings (SSSR count). The van der Waals surface area contributed by atoms with Crippen molar-refractivity contribution in [1.82, 2.24) is 4.90 Å². The van der Waals surface area contributed by atoms with Crippen LogP contribution in [0.4, 0.5) is 13.2 Å². The van der Waals surface area contributed by atoms with Crippen molar-refractivity contribution in [3.63, 3.8) is 0 Å². The van der Waals surface area contributed by atoms with Crippen LogP contribution in [0.1, 0.15) is 45.4 Å². The van der Waals surface area contributed by atoms with Crippen molar-refractivity contribution in [2.45, 2.75) is 62.8 Å². The number of rotatable bonds is 3. The molecule has 0 aromatic rings. The molecule has 2 N–H and O–H groups in total. The molecule has 2 fully saturated rings. The zero-order chi connectivity index (χ0) is 15.7. The molecule has 21 heavy (non-hydrogen) atoms. The van der Waals surface area contributed by atoms with Crippen molar-refractivity contribution in [2.24, 2.45) is 11.7 Å². The van der Waals surface area contributed by atoms with E-state index in [1.54, 1.807) is 7.11 Å². The van der Waals surface area contributed by atoms with Crippen LogP contribution in [0.3, 0.4) is 0 Å². The first-order valence-electron chi connectivity index (χ1n) is 7.82. The molecule has 3 atom stereocenters. The maximum Gasteiger partial charge on any atom is 0.391 e. The second-order valence-corrected chi connectivity index (χ2v) is 6.94. The van der Waals surface area contributed by atoms with Gasteiger partial charge in [0.05, 0.1) is 11.5 Å². The summed E-state index contributed by atoms with van der Waals surface area (Å²) >= 11 is 0. The molecule has 0 amide bonds. The van der Waals surface area contributed by atoms with E-state index >= 15 is 0 Å². The molecule has 1 aliphatic heterocycles. The molecule has 3 nitrogen and oxygen atoms in total. The van der Waals surface area contributed by atoms with Crippen molar-refractivity contribution in [3.8, 4) is 0 Å². The number of nitrogens with two attached hydrogens (primary N) is 1. The van der Waals surface area contributed by atoms with Crippen LogP contribution in [0.5, 0.6) is 0 Å². The van der Waals surface area contributed by atoms with Gasteiger partial charge >= 0.3 is 6.18 Å². The lowest BCUT2D eigenvalue weighted by molar-refractivity contribution is -0.197. The average Bonchev–Trinajstić information content (AvgIpc) is 2.46. The van der Waals surface area contributed by atoms with Gasteiger partial charge in [0.25, 0.3) is 0 Å². The molecule has 0 spiro atoms. The van der Waals surface area contributed by atoms with E-state index in [9.17, 15) is 13.2 Å². The molecule has 124 valence electrons. The number of likely N-dealkylation sites (tertiary alicyclic amines) is 1. The lowest BCUT2D eigenvalue weighted by Crippen LogP contribution is -2.63. The van der Waals surface area contributed by atoms with Crippen LogP contribution in [-0.2, 0) is 4.74 Å². The van der Waals surface area contributed by atoms with Crippen LogP contribution in [0.25, 0.3) is 0 Å². The molecular weight excluding hydrogens is 281 g/mol. The van der Waals surface area contributed by atoms with Crippen LogP contribution in [-0.4, -0.2) is 49.0 Å². The molecule has 3 unspecified atom stereocenters. The van der Waals surface area contributed by atoms with Crippen LogP contribution in [0.2, 0.25) is 0 Å². The zero-order valence-electron chi connectivity index (χ0n) is 13.0. The van der Waals surface area contributed by atoms with Gasteiger partial charge in [0.1, 0.15) is 0 Å². The molecule has 0 aromatic carbocycles. The van der Waals surface area contributed by atoms with Gasteiger partial charge in [-0.1, -0.05) is 6.42 Å². The summed E-state index contributed by atoms with van der Waals surface area (Å²) in [5.74, 6) is -1.22. The summed E-state index contributed by atoms with van der Waals surface area (Å²) in [7, 11) is 1.68. The van der Waals surface area contributed by atoms with Gasteiger partial charge in [-0.3, -0.25) is 4.90 Å². The molecule has 0 aromatic heterocycles. The summed E-state index contributed by atoms with van der Waals surface area (Å²) in [5, 5.41) is 0. The molecular formula is C15H27F3N2O. The number of hydrogen-bond donors (Lipinski definition) is 1. The monoisotopic (exact) mass is 308 g/mol. The van der Waals surface area contributed by atoms with Gasteiger partial charge in [0.15, 0.2) is 0 Å². The van der Waals surface area contributed by atoms with Gasteiger partial charge in [-0.05, 0) is 45.6 Å². The molecule has 1 heterocycles. The fourth-order valence-electron chi connectivity index (χ4n) is 4.00. The number of hydrogen-bond acceptors (Lipinski definition) is 3. The SMILES string of the molecule is COC1(C)CCCN(C2(CN)CCCC(C(F)(F)F)C2)C1. The standard InChI is InChI=1S/C15H27F3N2O/c1-13(21-2)6-4-8-20(11-13)14(10-19)7-3-5-12(9-14)15(16,17)18/h12H,3-11,19H2,1-2H3. The van der Waals surface area contributed by atoms with Crippen molar-refractivity contribution in [1.29, 1.82) is 0 Å². The lowest BCUT2D eigenvalue weighted by atomic mass is 9.73. The van der Waals surface area contributed by atoms with Gasteiger partial charge in [-0.25, -0.2) is 0 Å². The highest BCUT2D eigenvalue weighted by atomic mass is 19.4. The van der Waals surface area contributed by atoms with E-state index in [-0.39, 0.29) is 18.4 Å². The summed E-state index contributed by atoms with van der Waals surface area (Å²) in [5.41, 5.74) is 5.17. The van der Waals surface area contributed by atoms with E-state index in [4.69, 9.17) is 10.5 Å². The number of halogens is 3. The van der Waals surface area contributed by atoms with E-state index in [1.807, 2.05) is 6.92 Å². The Morgan fingerprint density at radius 3 is 2.57 bits per heavy atom. The highest BCUT2D eigenvalue weighted by molar-refractivity contribution is 5.01. The summed E-state index contributed by atoms with van der Waals surface area (Å²) in [4.78, 5) is 2.18. The average molecular weight is 308 g/mol. The van der Waals surface area contributed by atoms with Crippen LogP contribution < -0.4 is 5.73 Å². The fourth-order valence-corrected chi connectivity index (χ4v) is 4.00. The van der Waals surface area contributed by atoms with E-state index in [2.05, 4.69) is 4.90 Å². The normalized spacial score (nSPS) is 39.4. The van der Waals surface area contributed by atoms with Crippen molar-refractivity contribution in [2.75, 3.05) is 26.7 Å². The highest BCUT2D eigenvalue weighted by Gasteiger charge is 2.50. The van der Waals surface area contributed by atoms with E-state index in [1.165, 1.54) is 0 Å². The largest absolute Gasteiger partial charge is 0.391 e. The van der Waals surface area contributed by atoms with Gasteiger partial charge < -0.3 is 10.5 Å². The summed E-state index contributed by atoms with van der Waals surface area (Å²) in [6, 6.07) is 0. The Hall–Kier alpha value is -0.330. The maximum atomic E-state index is 13.1. The number of alkyl halides is 3. The van der Waals surface area contributed by atoms with Crippen LogP contribution >= 0.6 is 0 Å².